The molecule has 0 aliphatic rings. The standard InChI is InChI=1S/C16H22N2O2/c1-14(19)18(13-16(2,3)12-17-20)11-7-10-15-8-5-4-6-9-15/h4-10,12,20H,11,13H2,1-3H3/b10-7+,17-12?. The zero-order chi connectivity index (χ0) is 15.0. The highest BCUT2D eigenvalue weighted by Gasteiger charge is 2.21. The fourth-order valence-electron chi connectivity index (χ4n) is 1.87. The molecule has 108 valence electrons. The lowest BCUT2D eigenvalue weighted by molar-refractivity contribution is -0.129. The lowest BCUT2D eigenvalue weighted by Crippen LogP contribution is -2.38. The van der Waals surface area contributed by atoms with Crippen molar-refractivity contribution in [1.29, 1.82) is 0 Å². The van der Waals surface area contributed by atoms with E-state index in [0.717, 1.165) is 5.56 Å². The summed E-state index contributed by atoms with van der Waals surface area (Å²) >= 11 is 0. The summed E-state index contributed by atoms with van der Waals surface area (Å²) in [5, 5.41) is 11.7. The topological polar surface area (TPSA) is 52.9 Å². The summed E-state index contributed by atoms with van der Waals surface area (Å²) in [6.45, 7) is 6.42. The first-order chi connectivity index (χ1) is 9.44. The number of hydrogen-bond donors (Lipinski definition) is 1. The van der Waals surface area contributed by atoms with Gasteiger partial charge in [0.25, 0.3) is 0 Å². The number of hydrogen-bond acceptors (Lipinski definition) is 3. The lowest BCUT2D eigenvalue weighted by Gasteiger charge is -2.28. The first-order valence-electron chi connectivity index (χ1n) is 6.60. The fourth-order valence-corrected chi connectivity index (χ4v) is 1.87. The highest BCUT2D eigenvalue weighted by atomic mass is 16.4. The molecule has 0 aliphatic carbocycles. The van der Waals surface area contributed by atoms with Crippen LogP contribution in [0.15, 0.2) is 41.6 Å². The molecule has 0 bridgehead atoms. The molecule has 0 atom stereocenters. The first kappa shape index (κ1) is 16.0. The minimum Gasteiger partial charge on any atom is -0.411 e. The Morgan fingerprint density at radius 1 is 1.35 bits per heavy atom. The molecule has 4 nitrogen and oxygen atoms in total. The Balaban J connectivity index is 2.65. The van der Waals surface area contributed by atoms with Crippen LogP contribution in [-0.2, 0) is 4.79 Å². The Labute approximate surface area is 120 Å². The second-order valence-corrected chi connectivity index (χ2v) is 5.45. The van der Waals surface area contributed by atoms with Gasteiger partial charge in [0.2, 0.25) is 5.91 Å². The van der Waals surface area contributed by atoms with E-state index in [4.69, 9.17) is 5.21 Å². The zero-order valence-electron chi connectivity index (χ0n) is 12.3. The van der Waals surface area contributed by atoms with Crippen molar-refractivity contribution < 1.29 is 10.0 Å². The number of oxime groups is 1. The molecule has 0 saturated carbocycles. The summed E-state index contributed by atoms with van der Waals surface area (Å²) in [5.74, 6) is 0.00197. The molecule has 0 heterocycles. The Morgan fingerprint density at radius 2 is 2.00 bits per heavy atom. The SMILES string of the molecule is CC(=O)N(C/C=C/c1ccccc1)CC(C)(C)C=NO. The number of carbonyl (C=O) groups is 1. The predicted molar refractivity (Wildman–Crippen MR) is 81.8 cm³/mol. The third kappa shape index (κ3) is 5.69. The second-order valence-electron chi connectivity index (χ2n) is 5.45. The Morgan fingerprint density at radius 3 is 2.55 bits per heavy atom. The molecule has 1 rings (SSSR count). The van der Waals surface area contributed by atoms with Gasteiger partial charge in [0.05, 0.1) is 6.21 Å². The summed E-state index contributed by atoms with van der Waals surface area (Å²) in [4.78, 5) is 13.4. The van der Waals surface area contributed by atoms with E-state index in [1.54, 1.807) is 11.8 Å². The number of benzene rings is 1. The first-order valence-corrected chi connectivity index (χ1v) is 6.60. The molecule has 1 aromatic rings. The third-order valence-corrected chi connectivity index (χ3v) is 2.89. The van der Waals surface area contributed by atoms with Gasteiger partial charge in [-0.3, -0.25) is 4.79 Å². The molecule has 20 heavy (non-hydrogen) atoms. The van der Waals surface area contributed by atoms with Crippen LogP contribution < -0.4 is 0 Å². The monoisotopic (exact) mass is 274 g/mol. The summed E-state index contributed by atoms with van der Waals surface area (Å²) in [5.41, 5.74) is 0.744. The van der Waals surface area contributed by atoms with Gasteiger partial charge in [-0.25, -0.2) is 0 Å². The van der Waals surface area contributed by atoms with E-state index >= 15 is 0 Å². The normalized spacial score (nSPS) is 12.2. The Hall–Kier alpha value is -2.10. The van der Waals surface area contributed by atoms with Crippen LogP contribution >= 0.6 is 0 Å². The van der Waals surface area contributed by atoms with Gasteiger partial charge in [-0.2, -0.15) is 0 Å². The van der Waals surface area contributed by atoms with E-state index < -0.39 is 0 Å². The average molecular weight is 274 g/mol. The van der Waals surface area contributed by atoms with Crippen molar-refractivity contribution in [3.8, 4) is 0 Å². The number of nitrogens with zero attached hydrogens (tertiary/aromatic N) is 2. The molecule has 0 fully saturated rings. The van der Waals surface area contributed by atoms with Crippen molar-refractivity contribution >= 4 is 18.2 Å². The molecule has 4 heteroatoms. The molecule has 1 N–H and O–H groups in total. The highest BCUT2D eigenvalue weighted by molar-refractivity contribution is 5.75. The molecule has 0 spiro atoms. The Bertz CT molecular complexity index is 479. The Kier molecular flexibility index (Phi) is 5.97. The van der Waals surface area contributed by atoms with Crippen LogP contribution in [0.5, 0.6) is 0 Å². The molecule has 0 radical (unpaired) electrons. The van der Waals surface area contributed by atoms with Gasteiger partial charge in [0.1, 0.15) is 0 Å². The molecular formula is C16H22N2O2. The van der Waals surface area contributed by atoms with Gasteiger partial charge < -0.3 is 10.1 Å². The van der Waals surface area contributed by atoms with Crippen molar-refractivity contribution in [2.75, 3.05) is 13.1 Å². The molecule has 1 aromatic carbocycles. The summed E-state index contributed by atoms with van der Waals surface area (Å²) in [7, 11) is 0. The van der Waals surface area contributed by atoms with Gasteiger partial charge in [0.15, 0.2) is 0 Å². The number of rotatable bonds is 6. The molecule has 1 amide bonds. The minimum absolute atomic E-state index is 0.00197. The molecule has 0 aliphatic heterocycles. The molecule has 0 aromatic heterocycles. The van der Waals surface area contributed by atoms with Crippen molar-refractivity contribution in [3.05, 3.63) is 42.0 Å². The summed E-state index contributed by atoms with van der Waals surface area (Å²) < 4.78 is 0. The number of amides is 1. The second kappa shape index (κ2) is 7.48. The van der Waals surface area contributed by atoms with Gasteiger partial charge in [-0.15, -0.1) is 5.16 Å². The smallest absolute Gasteiger partial charge is 0.219 e. The largest absolute Gasteiger partial charge is 0.411 e. The number of carbonyl (C=O) groups excluding carboxylic acids is 1. The van der Waals surface area contributed by atoms with E-state index in [9.17, 15) is 4.79 Å². The average Bonchev–Trinajstić information content (AvgIpc) is 2.38. The maximum absolute atomic E-state index is 11.7. The van der Waals surface area contributed by atoms with Crippen LogP contribution in [0.1, 0.15) is 26.3 Å². The van der Waals surface area contributed by atoms with Crippen LogP contribution in [0.25, 0.3) is 6.08 Å². The van der Waals surface area contributed by atoms with Gasteiger partial charge in [-0.05, 0) is 5.56 Å². The van der Waals surface area contributed by atoms with Gasteiger partial charge in [-0.1, -0.05) is 56.3 Å². The van der Waals surface area contributed by atoms with Crippen LogP contribution in [0.4, 0.5) is 0 Å². The van der Waals surface area contributed by atoms with E-state index in [2.05, 4.69) is 5.16 Å². The van der Waals surface area contributed by atoms with Gasteiger partial charge >= 0.3 is 0 Å². The fraction of sp³-hybridized carbons (Fsp3) is 0.375. The van der Waals surface area contributed by atoms with Crippen LogP contribution in [-0.4, -0.2) is 35.3 Å². The maximum Gasteiger partial charge on any atom is 0.219 e. The van der Waals surface area contributed by atoms with E-state index in [0.29, 0.717) is 13.1 Å². The van der Waals surface area contributed by atoms with Crippen molar-refractivity contribution in [3.63, 3.8) is 0 Å². The minimum atomic E-state index is -0.360. The third-order valence-electron chi connectivity index (χ3n) is 2.89. The summed E-state index contributed by atoms with van der Waals surface area (Å²) in [6.07, 6.45) is 5.40. The predicted octanol–water partition coefficient (Wildman–Crippen LogP) is 3.03. The van der Waals surface area contributed by atoms with E-state index in [1.807, 2.05) is 56.3 Å². The van der Waals surface area contributed by atoms with Crippen molar-refractivity contribution in [2.24, 2.45) is 10.6 Å². The maximum atomic E-state index is 11.7. The molecule has 0 unspecified atom stereocenters. The van der Waals surface area contributed by atoms with Crippen LogP contribution in [0, 0.1) is 5.41 Å². The van der Waals surface area contributed by atoms with Gasteiger partial charge in [0, 0.05) is 25.4 Å². The molecule has 0 saturated heterocycles. The summed E-state index contributed by atoms with van der Waals surface area (Å²) in [6, 6.07) is 9.94. The van der Waals surface area contributed by atoms with Crippen LogP contribution in [0.3, 0.4) is 0 Å². The van der Waals surface area contributed by atoms with Crippen LogP contribution in [0.2, 0.25) is 0 Å². The van der Waals surface area contributed by atoms with Crippen molar-refractivity contribution in [2.45, 2.75) is 20.8 Å². The zero-order valence-corrected chi connectivity index (χ0v) is 12.3. The van der Waals surface area contributed by atoms with E-state index in [1.165, 1.54) is 6.21 Å². The van der Waals surface area contributed by atoms with Crippen molar-refractivity contribution in [1.82, 2.24) is 4.90 Å². The van der Waals surface area contributed by atoms with E-state index in [-0.39, 0.29) is 11.3 Å². The lowest BCUT2D eigenvalue weighted by atomic mass is 9.94. The molecular weight excluding hydrogens is 252 g/mol. The quantitative estimate of drug-likeness (QED) is 0.492. The highest BCUT2D eigenvalue weighted by Crippen LogP contribution is 2.14.